The van der Waals surface area contributed by atoms with Gasteiger partial charge in [-0.1, -0.05) is 50.8 Å². The second-order valence-electron chi connectivity index (χ2n) is 4.66. The average Bonchev–Trinajstić information content (AvgIpc) is 2.94. The lowest BCUT2D eigenvalue weighted by Crippen LogP contribution is -1.95. The Labute approximate surface area is 144 Å². The summed E-state index contributed by atoms with van der Waals surface area (Å²) in [6.45, 7) is 14.0. The molecule has 0 aliphatic carbocycles. The first-order valence-corrected chi connectivity index (χ1v) is 8.92. The largest absolute Gasteiger partial charge is 0.356 e. The van der Waals surface area contributed by atoms with Gasteiger partial charge in [0.2, 0.25) is 0 Å². The van der Waals surface area contributed by atoms with Gasteiger partial charge < -0.3 is 5.32 Å². The fourth-order valence-electron chi connectivity index (χ4n) is 2.26. The molecule has 0 amide bonds. The van der Waals surface area contributed by atoms with Gasteiger partial charge >= 0.3 is 0 Å². The van der Waals surface area contributed by atoms with Crippen LogP contribution in [0.15, 0.2) is 54.8 Å². The molecule has 0 spiro atoms. The van der Waals surface area contributed by atoms with Crippen molar-refractivity contribution in [1.82, 2.24) is 0 Å². The van der Waals surface area contributed by atoms with Crippen LogP contribution in [0.4, 0.5) is 5.69 Å². The van der Waals surface area contributed by atoms with E-state index >= 15 is 0 Å². The van der Waals surface area contributed by atoms with Gasteiger partial charge in [0.1, 0.15) is 0 Å². The summed E-state index contributed by atoms with van der Waals surface area (Å²) in [6.07, 6.45) is 12.3. The Morgan fingerprint density at radius 3 is 2.43 bits per heavy atom. The Morgan fingerprint density at radius 1 is 1.13 bits per heavy atom. The second kappa shape index (κ2) is 9.86. The Morgan fingerprint density at radius 2 is 1.87 bits per heavy atom. The molecule has 2 heteroatoms. The van der Waals surface area contributed by atoms with E-state index in [1.165, 1.54) is 20.5 Å². The van der Waals surface area contributed by atoms with Crippen LogP contribution in [-0.4, -0.2) is 0 Å². The van der Waals surface area contributed by atoms with E-state index in [0.29, 0.717) is 0 Å². The van der Waals surface area contributed by atoms with Crippen LogP contribution < -0.4 is 5.32 Å². The fourth-order valence-corrected chi connectivity index (χ4v) is 3.28. The van der Waals surface area contributed by atoms with Crippen molar-refractivity contribution < 1.29 is 0 Å². The number of allylic oxidation sites excluding steroid dienone is 4. The molecule has 0 aliphatic heterocycles. The molecule has 2 aromatic rings. The summed E-state index contributed by atoms with van der Waals surface area (Å²) in [5.41, 5.74) is 3.46. The summed E-state index contributed by atoms with van der Waals surface area (Å²) >= 11 is 1.78. The van der Waals surface area contributed by atoms with E-state index in [1.54, 1.807) is 11.3 Å². The van der Waals surface area contributed by atoms with E-state index in [-0.39, 0.29) is 0 Å². The Hall–Kier alpha value is -2.06. The number of benzene rings is 1. The lowest BCUT2D eigenvalue weighted by atomic mass is 10.1. The van der Waals surface area contributed by atoms with Crippen molar-refractivity contribution in [2.24, 2.45) is 0 Å². The first-order chi connectivity index (χ1) is 11.2. The third-order valence-corrected chi connectivity index (χ3v) is 4.40. The number of hydrogen-bond acceptors (Lipinski definition) is 2. The number of nitrogens with one attached hydrogen (secondary N) is 1. The monoisotopic (exact) mass is 325 g/mol. The van der Waals surface area contributed by atoms with Gasteiger partial charge in [-0.3, -0.25) is 0 Å². The summed E-state index contributed by atoms with van der Waals surface area (Å²) < 4.78 is 1.29. The van der Waals surface area contributed by atoms with E-state index in [2.05, 4.69) is 54.4 Å². The van der Waals surface area contributed by atoms with Crippen molar-refractivity contribution in [2.75, 3.05) is 5.32 Å². The Bertz CT molecular complexity index is 730. The van der Waals surface area contributed by atoms with Crippen LogP contribution in [0.3, 0.4) is 0 Å². The Kier molecular flexibility index (Phi) is 8.14. The first-order valence-electron chi connectivity index (χ1n) is 8.11. The highest BCUT2D eigenvalue weighted by Gasteiger charge is 2.08. The summed E-state index contributed by atoms with van der Waals surface area (Å²) in [7, 11) is 0. The highest BCUT2D eigenvalue weighted by Crippen LogP contribution is 2.35. The van der Waals surface area contributed by atoms with Crippen LogP contribution in [-0.2, 0) is 0 Å². The number of anilines is 1. The standard InChI is InChI=1S/C19H21NS.C2H6/c1-5-9-14(7-3)20-15-11-12-19-17(13-15)16(10-6-2)18(8-4)21-19;1-2/h5-13,20H,4H2,1-3H3;1-2H3/b9-5-,10-6-,14-7+;. The smallest absolute Gasteiger partial charge is 0.0391 e. The molecule has 1 aromatic heterocycles. The van der Waals surface area contributed by atoms with E-state index in [1.807, 2.05) is 46.8 Å². The van der Waals surface area contributed by atoms with E-state index in [0.717, 1.165) is 11.4 Å². The van der Waals surface area contributed by atoms with Crippen molar-refractivity contribution >= 4 is 39.3 Å². The molecule has 1 aromatic carbocycles. The Balaban J connectivity index is 0.00000127. The zero-order valence-electron chi connectivity index (χ0n) is 14.8. The lowest BCUT2D eigenvalue weighted by Gasteiger charge is -2.07. The molecule has 0 atom stereocenters. The molecule has 0 aliphatic rings. The molecule has 0 radical (unpaired) electrons. The lowest BCUT2D eigenvalue weighted by molar-refractivity contribution is 1.44. The third-order valence-electron chi connectivity index (χ3n) is 3.22. The van der Waals surface area contributed by atoms with Crippen LogP contribution in [0.5, 0.6) is 0 Å². The normalized spacial score (nSPS) is 11.8. The topological polar surface area (TPSA) is 12.0 Å². The maximum Gasteiger partial charge on any atom is 0.0391 e. The number of rotatable bonds is 5. The molecule has 122 valence electrons. The number of thiophene rings is 1. The van der Waals surface area contributed by atoms with Crippen LogP contribution in [0.2, 0.25) is 0 Å². The first kappa shape index (κ1) is 19.0. The number of fused-ring (bicyclic) bond motifs is 1. The van der Waals surface area contributed by atoms with Crippen molar-refractivity contribution in [3.05, 3.63) is 65.2 Å². The zero-order valence-corrected chi connectivity index (χ0v) is 15.6. The van der Waals surface area contributed by atoms with Crippen molar-refractivity contribution in [3.8, 4) is 0 Å². The maximum absolute atomic E-state index is 3.92. The number of hydrogen-bond donors (Lipinski definition) is 1. The van der Waals surface area contributed by atoms with Gasteiger partial charge in [-0.15, -0.1) is 11.3 Å². The SMILES string of the molecule is C=Cc1sc2ccc(NC(/C=C\C)=C/C)cc2c1/C=C\C.CC. The molecular formula is C21H27NS. The summed E-state index contributed by atoms with van der Waals surface area (Å²) in [5, 5.41) is 4.72. The molecule has 23 heavy (non-hydrogen) atoms. The minimum absolute atomic E-state index is 1.10. The van der Waals surface area contributed by atoms with E-state index < -0.39 is 0 Å². The van der Waals surface area contributed by atoms with Crippen LogP contribution in [0.25, 0.3) is 22.2 Å². The minimum atomic E-state index is 1.10. The van der Waals surface area contributed by atoms with Crippen molar-refractivity contribution in [2.45, 2.75) is 34.6 Å². The predicted molar refractivity (Wildman–Crippen MR) is 110 cm³/mol. The van der Waals surface area contributed by atoms with Crippen LogP contribution in [0.1, 0.15) is 45.1 Å². The fraction of sp³-hybridized carbons (Fsp3) is 0.238. The van der Waals surface area contributed by atoms with Gasteiger partial charge in [0.05, 0.1) is 0 Å². The molecule has 1 nitrogen and oxygen atoms in total. The molecule has 2 rings (SSSR count). The summed E-state index contributed by atoms with van der Waals surface area (Å²) in [4.78, 5) is 1.22. The summed E-state index contributed by atoms with van der Waals surface area (Å²) in [6, 6.07) is 6.50. The highest BCUT2D eigenvalue weighted by molar-refractivity contribution is 7.20. The highest BCUT2D eigenvalue weighted by atomic mass is 32.1. The van der Waals surface area contributed by atoms with Gasteiger partial charge in [0, 0.05) is 31.9 Å². The second-order valence-corrected chi connectivity index (χ2v) is 5.75. The minimum Gasteiger partial charge on any atom is -0.356 e. The molecule has 1 heterocycles. The van der Waals surface area contributed by atoms with E-state index in [9.17, 15) is 0 Å². The predicted octanol–water partition coefficient (Wildman–Crippen LogP) is 7.50. The summed E-state index contributed by atoms with van der Waals surface area (Å²) in [5.74, 6) is 0. The van der Waals surface area contributed by atoms with Crippen molar-refractivity contribution in [1.29, 1.82) is 0 Å². The van der Waals surface area contributed by atoms with Gasteiger partial charge in [-0.25, -0.2) is 0 Å². The van der Waals surface area contributed by atoms with Crippen molar-refractivity contribution in [3.63, 3.8) is 0 Å². The zero-order chi connectivity index (χ0) is 17.2. The molecule has 0 saturated carbocycles. The quantitative estimate of drug-likeness (QED) is 0.561. The molecule has 0 bridgehead atoms. The molecule has 0 fully saturated rings. The average molecular weight is 326 g/mol. The molecule has 0 unspecified atom stereocenters. The van der Waals surface area contributed by atoms with Gasteiger partial charge in [0.25, 0.3) is 0 Å². The van der Waals surface area contributed by atoms with Crippen LogP contribution in [0, 0.1) is 0 Å². The molecule has 0 saturated heterocycles. The van der Waals surface area contributed by atoms with Gasteiger partial charge in [-0.2, -0.15) is 0 Å². The van der Waals surface area contributed by atoms with E-state index in [4.69, 9.17) is 0 Å². The maximum atomic E-state index is 3.92. The van der Waals surface area contributed by atoms with Gasteiger partial charge in [-0.05, 0) is 45.0 Å². The molecular weight excluding hydrogens is 298 g/mol. The third kappa shape index (κ3) is 4.70. The van der Waals surface area contributed by atoms with Crippen LogP contribution >= 0.6 is 11.3 Å². The molecule has 1 N–H and O–H groups in total. The van der Waals surface area contributed by atoms with Gasteiger partial charge in [0.15, 0.2) is 0 Å².